The molecule has 18 heavy (non-hydrogen) atoms. The molecule has 0 aromatic rings. The normalized spacial score (nSPS) is 34.4. The largest absolute Gasteiger partial charge is 0.335 e. The zero-order valence-electron chi connectivity index (χ0n) is 12.1. The van der Waals surface area contributed by atoms with Gasteiger partial charge in [0.2, 0.25) is 0 Å². The van der Waals surface area contributed by atoms with Crippen molar-refractivity contribution in [1.82, 2.24) is 10.2 Å². The van der Waals surface area contributed by atoms with Gasteiger partial charge in [-0.3, -0.25) is 0 Å². The zero-order chi connectivity index (χ0) is 13.1. The molecule has 1 saturated heterocycles. The molecule has 3 heteroatoms. The molecule has 104 valence electrons. The number of nitrogens with one attached hydrogen (secondary N) is 1. The first-order chi connectivity index (χ1) is 8.54. The molecule has 0 radical (unpaired) electrons. The highest BCUT2D eigenvalue weighted by Crippen LogP contribution is 2.28. The summed E-state index contributed by atoms with van der Waals surface area (Å²) in [6.45, 7) is 8.75. The molecule has 1 aliphatic carbocycles. The van der Waals surface area contributed by atoms with Crippen molar-refractivity contribution in [3.05, 3.63) is 0 Å². The maximum absolute atomic E-state index is 12.2. The molecule has 0 bridgehead atoms. The summed E-state index contributed by atoms with van der Waals surface area (Å²) in [6.07, 6.45) is 5.93. The average molecular weight is 252 g/mol. The van der Waals surface area contributed by atoms with Gasteiger partial charge in [-0.25, -0.2) is 4.79 Å². The molecule has 2 fully saturated rings. The van der Waals surface area contributed by atoms with E-state index in [1.54, 1.807) is 0 Å². The van der Waals surface area contributed by atoms with Gasteiger partial charge >= 0.3 is 6.03 Å². The fourth-order valence-electron chi connectivity index (χ4n) is 3.54. The van der Waals surface area contributed by atoms with E-state index in [1.165, 1.54) is 6.42 Å². The lowest BCUT2D eigenvalue weighted by Gasteiger charge is -2.35. The zero-order valence-corrected chi connectivity index (χ0v) is 12.1. The Hall–Kier alpha value is -0.730. The highest BCUT2D eigenvalue weighted by molar-refractivity contribution is 5.74. The Morgan fingerprint density at radius 3 is 2.06 bits per heavy atom. The van der Waals surface area contributed by atoms with E-state index in [0.29, 0.717) is 6.04 Å². The molecule has 1 saturated carbocycles. The summed E-state index contributed by atoms with van der Waals surface area (Å²) in [4.78, 5) is 14.2. The van der Waals surface area contributed by atoms with E-state index in [0.717, 1.165) is 56.5 Å². The Labute approximate surface area is 111 Å². The van der Waals surface area contributed by atoms with E-state index in [4.69, 9.17) is 0 Å². The lowest BCUT2D eigenvalue weighted by atomic mass is 9.80. The minimum atomic E-state index is 0.174. The van der Waals surface area contributed by atoms with Crippen LogP contribution in [-0.4, -0.2) is 30.1 Å². The predicted octanol–water partition coefficient (Wildman–Crippen LogP) is 3.25. The number of hydrogen-bond acceptors (Lipinski definition) is 1. The Bertz CT molecular complexity index is 274. The molecule has 0 aromatic heterocycles. The number of hydrogen-bond donors (Lipinski definition) is 1. The van der Waals surface area contributed by atoms with Gasteiger partial charge < -0.3 is 10.2 Å². The standard InChI is InChI=1S/C15H28N2O/c1-11-4-6-17(7-5-11)15(18)16-14-9-12(2)8-13(3)10-14/h11-14H,4-10H2,1-3H3,(H,16,18). The number of carbonyl (C=O) groups is 1. The molecule has 0 spiro atoms. The van der Waals surface area contributed by atoms with Crippen LogP contribution in [0, 0.1) is 17.8 Å². The summed E-state index contributed by atoms with van der Waals surface area (Å²) in [5, 5.41) is 3.25. The Morgan fingerprint density at radius 2 is 1.50 bits per heavy atom. The average Bonchev–Trinajstić information content (AvgIpc) is 2.28. The van der Waals surface area contributed by atoms with Gasteiger partial charge in [0.1, 0.15) is 0 Å². The van der Waals surface area contributed by atoms with E-state index < -0.39 is 0 Å². The first-order valence-electron chi connectivity index (χ1n) is 7.60. The second-order valence-electron chi connectivity index (χ2n) is 6.73. The van der Waals surface area contributed by atoms with Crippen molar-refractivity contribution in [2.45, 2.75) is 58.9 Å². The smallest absolute Gasteiger partial charge is 0.317 e. The highest BCUT2D eigenvalue weighted by Gasteiger charge is 2.27. The minimum Gasteiger partial charge on any atom is -0.335 e. The Balaban J connectivity index is 1.80. The molecule has 1 aliphatic heterocycles. The van der Waals surface area contributed by atoms with E-state index in [-0.39, 0.29) is 6.03 Å². The van der Waals surface area contributed by atoms with Crippen LogP contribution in [0.3, 0.4) is 0 Å². The van der Waals surface area contributed by atoms with E-state index in [9.17, 15) is 4.79 Å². The molecular weight excluding hydrogens is 224 g/mol. The first kappa shape index (κ1) is 13.7. The van der Waals surface area contributed by atoms with Crippen molar-refractivity contribution in [3.8, 4) is 0 Å². The Morgan fingerprint density at radius 1 is 0.944 bits per heavy atom. The summed E-state index contributed by atoms with van der Waals surface area (Å²) in [7, 11) is 0. The van der Waals surface area contributed by atoms with Gasteiger partial charge in [-0.15, -0.1) is 0 Å². The van der Waals surface area contributed by atoms with E-state index in [1.807, 2.05) is 4.90 Å². The molecule has 0 aromatic carbocycles. The number of amides is 2. The predicted molar refractivity (Wildman–Crippen MR) is 74.5 cm³/mol. The second-order valence-corrected chi connectivity index (χ2v) is 6.73. The second kappa shape index (κ2) is 5.94. The molecule has 1 N–H and O–H groups in total. The van der Waals surface area contributed by atoms with Gasteiger partial charge in [0.15, 0.2) is 0 Å². The van der Waals surface area contributed by atoms with Crippen molar-refractivity contribution in [2.24, 2.45) is 17.8 Å². The van der Waals surface area contributed by atoms with Crippen molar-refractivity contribution in [1.29, 1.82) is 0 Å². The maximum atomic E-state index is 12.2. The number of rotatable bonds is 1. The molecule has 2 atom stereocenters. The maximum Gasteiger partial charge on any atom is 0.317 e. The van der Waals surface area contributed by atoms with Crippen molar-refractivity contribution >= 4 is 6.03 Å². The van der Waals surface area contributed by atoms with Crippen molar-refractivity contribution < 1.29 is 4.79 Å². The quantitative estimate of drug-likeness (QED) is 0.763. The van der Waals surface area contributed by atoms with Crippen LogP contribution in [0.25, 0.3) is 0 Å². The first-order valence-corrected chi connectivity index (χ1v) is 7.60. The van der Waals surface area contributed by atoms with Crippen molar-refractivity contribution in [2.75, 3.05) is 13.1 Å². The number of carbonyl (C=O) groups excluding carboxylic acids is 1. The number of likely N-dealkylation sites (tertiary alicyclic amines) is 1. The van der Waals surface area contributed by atoms with Gasteiger partial charge in [0.05, 0.1) is 0 Å². The molecule has 1 heterocycles. The summed E-state index contributed by atoms with van der Waals surface area (Å²) in [5.41, 5.74) is 0. The van der Waals surface area contributed by atoms with Crippen LogP contribution < -0.4 is 5.32 Å². The van der Waals surface area contributed by atoms with Gasteiger partial charge in [-0.2, -0.15) is 0 Å². The number of urea groups is 1. The third-order valence-electron chi connectivity index (χ3n) is 4.58. The SMILES string of the molecule is CC1CCN(C(=O)NC2CC(C)CC(C)C2)CC1. The van der Waals surface area contributed by atoms with Gasteiger partial charge in [-0.1, -0.05) is 20.8 Å². The molecular formula is C15H28N2O. The molecule has 2 rings (SSSR count). The topological polar surface area (TPSA) is 32.3 Å². The van der Waals surface area contributed by atoms with Crippen LogP contribution in [0.4, 0.5) is 4.79 Å². The highest BCUT2D eigenvalue weighted by atomic mass is 16.2. The Kier molecular flexibility index (Phi) is 4.52. The van der Waals surface area contributed by atoms with Crippen LogP contribution >= 0.6 is 0 Å². The van der Waals surface area contributed by atoms with E-state index >= 15 is 0 Å². The van der Waals surface area contributed by atoms with E-state index in [2.05, 4.69) is 26.1 Å². The summed E-state index contributed by atoms with van der Waals surface area (Å²) < 4.78 is 0. The summed E-state index contributed by atoms with van der Waals surface area (Å²) in [6, 6.07) is 0.573. The summed E-state index contributed by atoms with van der Waals surface area (Å²) >= 11 is 0. The third kappa shape index (κ3) is 3.63. The van der Waals surface area contributed by atoms with Crippen LogP contribution in [0.15, 0.2) is 0 Å². The molecule has 2 aliphatic rings. The van der Waals surface area contributed by atoms with Gasteiger partial charge in [0.25, 0.3) is 0 Å². The molecule has 3 nitrogen and oxygen atoms in total. The van der Waals surface area contributed by atoms with Crippen LogP contribution in [0.1, 0.15) is 52.9 Å². The van der Waals surface area contributed by atoms with Crippen LogP contribution in [0.2, 0.25) is 0 Å². The monoisotopic (exact) mass is 252 g/mol. The van der Waals surface area contributed by atoms with Crippen LogP contribution in [0.5, 0.6) is 0 Å². The lowest BCUT2D eigenvalue weighted by Crippen LogP contribution is -2.49. The van der Waals surface area contributed by atoms with Crippen LogP contribution in [-0.2, 0) is 0 Å². The lowest BCUT2D eigenvalue weighted by molar-refractivity contribution is 0.160. The summed E-state index contributed by atoms with van der Waals surface area (Å²) in [5.74, 6) is 2.28. The molecule has 2 unspecified atom stereocenters. The minimum absolute atomic E-state index is 0.174. The van der Waals surface area contributed by atoms with Gasteiger partial charge in [-0.05, 0) is 49.9 Å². The molecule has 2 amide bonds. The fourth-order valence-corrected chi connectivity index (χ4v) is 3.54. The number of nitrogens with zero attached hydrogens (tertiary/aromatic N) is 1. The fraction of sp³-hybridized carbons (Fsp3) is 0.933. The van der Waals surface area contributed by atoms with Crippen molar-refractivity contribution in [3.63, 3.8) is 0 Å². The number of piperidine rings is 1. The van der Waals surface area contributed by atoms with Gasteiger partial charge in [0, 0.05) is 19.1 Å². The third-order valence-corrected chi connectivity index (χ3v) is 4.58.